The Morgan fingerprint density at radius 2 is 2.00 bits per heavy atom. The molecule has 2 atom stereocenters. The van der Waals surface area contributed by atoms with Crippen LogP contribution < -0.4 is 0 Å². The molecule has 0 aliphatic carbocycles. The van der Waals surface area contributed by atoms with Crippen LogP contribution in [0.25, 0.3) is 5.69 Å². The summed E-state index contributed by atoms with van der Waals surface area (Å²) < 4.78 is 28.0. The van der Waals surface area contributed by atoms with Crippen LogP contribution in [0.3, 0.4) is 0 Å². The standard InChI is InChI=1S/C17H17F2N3O3/c1-10-6-11(17(24)25)9-21(8-10)16(23)14-4-5-22(20-14)15-3-2-12(18)7-13(15)19/h2-5,7,10-11H,6,8-9H2,1H3,(H,24,25). The summed E-state index contributed by atoms with van der Waals surface area (Å²) >= 11 is 0. The lowest BCUT2D eigenvalue weighted by Crippen LogP contribution is -2.45. The highest BCUT2D eigenvalue weighted by Gasteiger charge is 2.33. The SMILES string of the molecule is CC1CC(C(=O)O)CN(C(=O)c2ccn(-c3ccc(F)cc3F)n2)C1. The third kappa shape index (κ3) is 3.52. The molecule has 1 aromatic heterocycles. The second-order valence-electron chi connectivity index (χ2n) is 6.33. The Labute approximate surface area is 142 Å². The molecule has 1 fully saturated rings. The third-order valence-electron chi connectivity index (χ3n) is 4.26. The zero-order valence-electron chi connectivity index (χ0n) is 13.5. The molecule has 132 valence electrons. The largest absolute Gasteiger partial charge is 0.481 e. The number of carbonyl (C=O) groups is 2. The molecule has 1 aliphatic rings. The smallest absolute Gasteiger partial charge is 0.308 e. The van der Waals surface area contributed by atoms with Gasteiger partial charge in [0.25, 0.3) is 5.91 Å². The molecule has 1 amide bonds. The molecule has 0 saturated carbocycles. The van der Waals surface area contributed by atoms with Crippen molar-refractivity contribution in [3.05, 3.63) is 47.8 Å². The molecule has 1 saturated heterocycles. The average molecular weight is 349 g/mol. The van der Waals surface area contributed by atoms with E-state index in [1.54, 1.807) is 0 Å². The first-order valence-electron chi connectivity index (χ1n) is 7.88. The van der Waals surface area contributed by atoms with E-state index in [4.69, 9.17) is 0 Å². The lowest BCUT2D eigenvalue weighted by Gasteiger charge is -2.34. The number of carboxylic acid groups (broad SMARTS) is 1. The first-order valence-corrected chi connectivity index (χ1v) is 7.88. The number of amides is 1. The minimum atomic E-state index is -0.928. The first-order chi connectivity index (χ1) is 11.8. The van der Waals surface area contributed by atoms with Crippen LogP contribution in [0.15, 0.2) is 30.5 Å². The number of hydrogen-bond donors (Lipinski definition) is 1. The molecule has 0 spiro atoms. The average Bonchev–Trinajstić information content (AvgIpc) is 3.03. The van der Waals surface area contributed by atoms with Crippen LogP contribution in [0.5, 0.6) is 0 Å². The van der Waals surface area contributed by atoms with Crippen LogP contribution in [-0.4, -0.2) is 44.8 Å². The van der Waals surface area contributed by atoms with Gasteiger partial charge < -0.3 is 10.0 Å². The number of hydrogen-bond acceptors (Lipinski definition) is 3. The van der Waals surface area contributed by atoms with Crippen molar-refractivity contribution < 1.29 is 23.5 Å². The van der Waals surface area contributed by atoms with E-state index >= 15 is 0 Å². The number of aromatic nitrogens is 2. The van der Waals surface area contributed by atoms with Gasteiger partial charge in [-0.3, -0.25) is 9.59 Å². The number of piperidine rings is 1. The summed E-state index contributed by atoms with van der Waals surface area (Å²) in [5.74, 6) is -3.37. The van der Waals surface area contributed by atoms with Crippen LogP contribution in [0.2, 0.25) is 0 Å². The van der Waals surface area contributed by atoms with Crippen LogP contribution in [0, 0.1) is 23.5 Å². The molecule has 1 N–H and O–H groups in total. The minimum absolute atomic E-state index is 0.0240. The maximum absolute atomic E-state index is 13.8. The summed E-state index contributed by atoms with van der Waals surface area (Å²) in [6, 6.07) is 4.50. The van der Waals surface area contributed by atoms with Crippen LogP contribution in [0.4, 0.5) is 8.78 Å². The fourth-order valence-electron chi connectivity index (χ4n) is 3.10. The summed E-state index contributed by atoms with van der Waals surface area (Å²) in [6.07, 6.45) is 1.93. The highest BCUT2D eigenvalue weighted by atomic mass is 19.1. The van der Waals surface area contributed by atoms with E-state index in [1.807, 2.05) is 6.92 Å². The zero-order chi connectivity index (χ0) is 18.1. The van der Waals surface area contributed by atoms with Gasteiger partial charge in [0.15, 0.2) is 11.5 Å². The Hall–Kier alpha value is -2.77. The molecular weight excluding hydrogens is 332 g/mol. The molecule has 0 radical (unpaired) electrons. The predicted molar refractivity (Wildman–Crippen MR) is 84.3 cm³/mol. The zero-order valence-corrected chi connectivity index (χ0v) is 13.5. The van der Waals surface area contributed by atoms with Crippen molar-refractivity contribution in [2.75, 3.05) is 13.1 Å². The van der Waals surface area contributed by atoms with Crippen LogP contribution in [0.1, 0.15) is 23.8 Å². The van der Waals surface area contributed by atoms with Crippen molar-refractivity contribution >= 4 is 11.9 Å². The molecule has 1 aliphatic heterocycles. The van der Waals surface area contributed by atoms with E-state index in [9.17, 15) is 23.5 Å². The lowest BCUT2D eigenvalue weighted by atomic mass is 9.90. The Morgan fingerprint density at radius 3 is 2.68 bits per heavy atom. The summed E-state index contributed by atoms with van der Waals surface area (Å²) in [6.45, 7) is 2.46. The summed E-state index contributed by atoms with van der Waals surface area (Å²) in [4.78, 5) is 25.3. The molecule has 2 unspecified atom stereocenters. The van der Waals surface area contributed by atoms with Crippen molar-refractivity contribution in [1.82, 2.24) is 14.7 Å². The fourth-order valence-corrected chi connectivity index (χ4v) is 3.10. The van der Waals surface area contributed by atoms with Crippen molar-refractivity contribution in [3.63, 3.8) is 0 Å². The Morgan fingerprint density at radius 1 is 1.24 bits per heavy atom. The van der Waals surface area contributed by atoms with Crippen molar-refractivity contribution in [3.8, 4) is 5.69 Å². The van der Waals surface area contributed by atoms with Crippen molar-refractivity contribution in [2.45, 2.75) is 13.3 Å². The maximum atomic E-state index is 13.8. The van der Waals surface area contributed by atoms with Crippen molar-refractivity contribution in [1.29, 1.82) is 0 Å². The lowest BCUT2D eigenvalue weighted by molar-refractivity contribution is -0.143. The van der Waals surface area contributed by atoms with Gasteiger partial charge in [-0.25, -0.2) is 13.5 Å². The molecule has 8 heteroatoms. The molecule has 3 rings (SSSR count). The summed E-state index contributed by atoms with van der Waals surface area (Å²) in [7, 11) is 0. The van der Waals surface area contributed by atoms with Gasteiger partial charge in [0, 0.05) is 25.4 Å². The van der Waals surface area contributed by atoms with Crippen LogP contribution in [-0.2, 0) is 4.79 Å². The quantitative estimate of drug-likeness (QED) is 0.923. The van der Waals surface area contributed by atoms with Gasteiger partial charge in [-0.2, -0.15) is 5.10 Å². The molecule has 6 nitrogen and oxygen atoms in total. The Bertz CT molecular complexity index is 821. The number of nitrogens with zero attached hydrogens (tertiary/aromatic N) is 3. The molecule has 1 aromatic carbocycles. The topological polar surface area (TPSA) is 75.4 Å². The van der Waals surface area contributed by atoms with Gasteiger partial charge in [-0.1, -0.05) is 6.92 Å². The van der Waals surface area contributed by atoms with E-state index in [0.29, 0.717) is 13.0 Å². The van der Waals surface area contributed by atoms with Gasteiger partial charge in [-0.15, -0.1) is 0 Å². The highest BCUT2D eigenvalue weighted by molar-refractivity contribution is 5.92. The number of likely N-dealkylation sites (tertiary alicyclic amines) is 1. The predicted octanol–water partition coefficient (Wildman–Crippen LogP) is 2.33. The minimum Gasteiger partial charge on any atom is -0.481 e. The van der Waals surface area contributed by atoms with E-state index < -0.39 is 29.4 Å². The number of benzene rings is 1. The van der Waals surface area contributed by atoms with Gasteiger partial charge >= 0.3 is 5.97 Å². The van der Waals surface area contributed by atoms with E-state index in [2.05, 4.69) is 5.10 Å². The third-order valence-corrected chi connectivity index (χ3v) is 4.26. The monoisotopic (exact) mass is 349 g/mol. The second-order valence-corrected chi connectivity index (χ2v) is 6.33. The highest BCUT2D eigenvalue weighted by Crippen LogP contribution is 2.23. The van der Waals surface area contributed by atoms with Gasteiger partial charge in [-0.05, 0) is 30.5 Å². The normalized spacial score (nSPS) is 20.5. The van der Waals surface area contributed by atoms with E-state index in [1.165, 1.54) is 23.2 Å². The second kappa shape index (κ2) is 6.62. The van der Waals surface area contributed by atoms with Crippen molar-refractivity contribution in [2.24, 2.45) is 11.8 Å². The number of carboxylic acids is 1. The Balaban J connectivity index is 1.82. The van der Waals surface area contributed by atoms with Crippen LogP contribution >= 0.6 is 0 Å². The first kappa shape index (κ1) is 17.1. The fraction of sp³-hybridized carbons (Fsp3) is 0.353. The summed E-state index contributed by atoms with van der Waals surface area (Å²) in [5, 5.41) is 13.3. The molecule has 2 aromatic rings. The molecular formula is C17H17F2N3O3. The van der Waals surface area contributed by atoms with E-state index in [-0.39, 0.29) is 23.8 Å². The number of halogens is 2. The Kier molecular flexibility index (Phi) is 4.52. The summed E-state index contributed by atoms with van der Waals surface area (Å²) in [5.41, 5.74) is 0.109. The number of carbonyl (C=O) groups excluding carboxylic acids is 1. The van der Waals surface area contributed by atoms with Gasteiger partial charge in [0.2, 0.25) is 0 Å². The maximum Gasteiger partial charge on any atom is 0.308 e. The van der Waals surface area contributed by atoms with Gasteiger partial charge in [0.05, 0.1) is 5.92 Å². The number of rotatable bonds is 3. The number of aliphatic carboxylic acids is 1. The van der Waals surface area contributed by atoms with E-state index in [0.717, 1.165) is 16.8 Å². The van der Waals surface area contributed by atoms with Gasteiger partial charge in [0.1, 0.15) is 11.5 Å². The molecule has 2 heterocycles. The molecule has 25 heavy (non-hydrogen) atoms. The molecule has 0 bridgehead atoms.